The minimum atomic E-state index is -0.583. The SMILES string of the molecule is C[C@@H](C(=O)Nc1nccs1)N1Cc2ccc(-c3ccc(N4CCN(C)CC4)cc3)cc2C1=O. The fourth-order valence-corrected chi connectivity index (χ4v) is 4.91. The zero-order chi connectivity index (χ0) is 22.9. The van der Waals surface area contributed by atoms with Gasteiger partial charge in [-0.1, -0.05) is 24.3 Å². The fourth-order valence-electron chi connectivity index (χ4n) is 4.38. The van der Waals surface area contributed by atoms with Crippen molar-refractivity contribution in [2.45, 2.75) is 19.5 Å². The molecular formula is C25H27N5O2S. The number of nitrogens with one attached hydrogen (secondary N) is 1. The molecular weight excluding hydrogens is 434 g/mol. The van der Waals surface area contributed by atoms with Crippen LogP contribution in [0.15, 0.2) is 54.0 Å². The van der Waals surface area contributed by atoms with Crippen LogP contribution in [0.5, 0.6) is 0 Å². The Morgan fingerprint density at radius 1 is 1.06 bits per heavy atom. The summed E-state index contributed by atoms with van der Waals surface area (Å²) >= 11 is 1.36. The van der Waals surface area contributed by atoms with Crippen molar-refractivity contribution in [1.82, 2.24) is 14.8 Å². The lowest BCUT2D eigenvalue weighted by atomic mass is 10.00. The summed E-state index contributed by atoms with van der Waals surface area (Å²) in [6, 6.07) is 14.0. The summed E-state index contributed by atoms with van der Waals surface area (Å²) < 4.78 is 0. The summed E-state index contributed by atoms with van der Waals surface area (Å²) in [5.41, 5.74) is 4.94. The summed E-state index contributed by atoms with van der Waals surface area (Å²) in [5, 5.41) is 5.13. The van der Waals surface area contributed by atoms with E-state index in [2.05, 4.69) is 57.5 Å². The van der Waals surface area contributed by atoms with Gasteiger partial charge in [0, 0.05) is 55.6 Å². The van der Waals surface area contributed by atoms with E-state index in [9.17, 15) is 9.59 Å². The highest BCUT2D eigenvalue weighted by atomic mass is 32.1. The number of carbonyl (C=O) groups excluding carboxylic acids is 2. The molecule has 2 amide bonds. The van der Waals surface area contributed by atoms with Gasteiger partial charge < -0.3 is 20.0 Å². The molecule has 0 saturated carbocycles. The summed E-state index contributed by atoms with van der Waals surface area (Å²) in [6.45, 7) is 6.41. The first-order valence-corrected chi connectivity index (χ1v) is 12.1. The van der Waals surface area contributed by atoms with Gasteiger partial charge in [0.05, 0.1) is 0 Å². The molecule has 0 radical (unpaired) electrons. The lowest BCUT2D eigenvalue weighted by Gasteiger charge is -2.34. The van der Waals surface area contributed by atoms with E-state index in [-0.39, 0.29) is 11.8 Å². The number of thiazole rings is 1. The van der Waals surface area contributed by atoms with Crippen LogP contribution in [0.25, 0.3) is 11.1 Å². The van der Waals surface area contributed by atoms with Gasteiger partial charge in [-0.25, -0.2) is 4.98 Å². The third-order valence-electron chi connectivity index (χ3n) is 6.52. The summed E-state index contributed by atoms with van der Waals surface area (Å²) in [5.74, 6) is -0.339. The van der Waals surface area contributed by atoms with Gasteiger partial charge in [-0.15, -0.1) is 11.3 Å². The van der Waals surface area contributed by atoms with Crippen molar-refractivity contribution in [3.63, 3.8) is 0 Å². The van der Waals surface area contributed by atoms with Gasteiger partial charge in [-0.05, 0) is 48.9 Å². The lowest BCUT2D eigenvalue weighted by molar-refractivity contribution is -0.120. The number of aromatic nitrogens is 1. The molecule has 1 N–H and O–H groups in total. The zero-order valence-electron chi connectivity index (χ0n) is 18.8. The van der Waals surface area contributed by atoms with Gasteiger partial charge in [0.1, 0.15) is 6.04 Å². The number of rotatable bonds is 5. The second-order valence-electron chi connectivity index (χ2n) is 8.64. The van der Waals surface area contributed by atoms with Gasteiger partial charge in [0.15, 0.2) is 5.13 Å². The van der Waals surface area contributed by atoms with Gasteiger partial charge in [-0.3, -0.25) is 9.59 Å². The van der Waals surface area contributed by atoms with Crippen molar-refractivity contribution in [3.8, 4) is 11.1 Å². The molecule has 170 valence electrons. The summed E-state index contributed by atoms with van der Waals surface area (Å²) in [7, 11) is 2.16. The number of piperazine rings is 1. The number of nitrogens with zero attached hydrogens (tertiary/aromatic N) is 4. The van der Waals surface area contributed by atoms with E-state index in [1.807, 2.05) is 12.1 Å². The highest BCUT2D eigenvalue weighted by Crippen LogP contribution is 2.31. The average Bonchev–Trinajstić information content (AvgIpc) is 3.47. The minimum Gasteiger partial charge on any atom is -0.369 e. The van der Waals surface area contributed by atoms with Crippen molar-refractivity contribution < 1.29 is 9.59 Å². The number of amides is 2. The first-order chi connectivity index (χ1) is 16.0. The summed E-state index contributed by atoms with van der Waals surface area (Å²) in [6.07, 6.45) is 1.64. The minimum absolute atomic E-state index is 0.109. The van der Waals surface area contributed by atoms with Crippen LogP contribution in [-0.2, 0) is 11.3 Å². The zero-order valence-corrected chi connectivity index (χ0v) is 19.6. The molecule has 33 heavy (non-hydrogen) atoms. The maximum atomic E-state index is 13.1. The van der Waals surface area contributed by atoms with Crippen LogP contribution in [0.2, 0.25) is 0 Å². The normalized spacial score (nSPS) is 17.2. The molecule has 7 nitrogen and oxygen atoms in total. The first-order valence-electron chi connectivity index (χ1n) is 11.2. The first kappa shape index (κ1) is 21.6. The van der Waals surface area contributed by atoms with E-state index >= 15 is 0 Å². The molecule has 1 atom stereocenters. The second kappa shape index (κ2) is 8.96. The van der Waals surface area contributed by atoms with Crippen LogP contribution >= 0.6 is 11.3 Å². The van der Waals surface area contributed by atoms with E-state index < -0.39 is 6.04 Å². The van der Waals surface area contributed by atoms with Crippen molar-refractivity contribution >= 4 is 34.0 Å². The fraction of sp³-hybridized carbons (Fsp3) is 0.320. The Kier molecular flexibility index (Phi) is 5.86. The van der Waals surface area contributed by atoms with Crippen molar-refractivity contribution in [2.24, 2.45) is 0 Å². The van der Waals surface area contributed by atoms with Crippen LogP contribution < -0.4 is 10.2 Å². The third kappa shape index (κ3) is 4.36. The molecule has 2 aliphatic heterocycles. The Hall–Kier alpha value is -3.23. The van der Waals surface area contributed by atoms with Crippen molar-refractivity contribution in [1.29, 1.82) is 0 Å². The number of fused-ring (bicyclic) bond motifs is 1. The van der Waals surface area contributed by atoms with Gasteiger partial charge in [-0.2, -0.15) is 0 Å². The quantitative estimate of drug-likeness (QED) is 0.629. The highest BCUT2D eigenvalue weighted by Gasteiger charge is 2.34. The van der Waals surface area contributed by atoms with Crippen molar-refractivity contribution in [3.05, 3.63) is 65.2 Å². The summed E-state index contributed by atoms with van der Waals surface area (Å²) in [4.78, 5) is 36.2. The number of hydrogen-bond acceptors (Lipinski definition) is 6. The smallest absolute Gasteiger partial charge is 0.255 e. The van der Waals surface area contributed by atoms with E-state index in [0.717, 1.165) is 42.9 Å². The van der Waals surface area contributed by atoms with E-state index in [4.69, 9.17) is 0 Å². The molecule has 0 spiro atoms. The second-order valence-corrected chi connectivity index (χ2v) is 9.54. The monoisotopic (exact) mass is 461 g/mol. The number of carbonyl (C=O) groups is 2. The third-order valence-corrected chi connectivity index (χ3v) is 7.21. The Morgan fingerprint density at radius 2 is 1.79 bits per heavy atom. The molecule has 1 fully saturated rings. The van der Waals surface area contributed by atoms with Crippen LogP contribution in [0.3, 0.4) is 0 Å². The molecule has 3 aromatic rings. The Bertz CT molecular complexity index is 1150. The number of hydrogen-bond donors (Lipinski definition) is 1. The molecule has 8 heteroatoms. The number of benzene rings is 2. The lowest BCUT2D eigenvalue weighted by Crippen LogP contribution is -2.44. The molecule has 3 heterocycles. The van der Waals surface area contributed by atoms with E-state index in [1.165, 1.54) is 17.0 Å². The maximum absolute atomic E-state index is 13.1. The van der Waals surface area contributed by atoms with Crippen molar-refractivity contribution in [2.75, 3.05) is 43.4 Å². The average molecular weight is 462 g/mol. The van der Waals surface area contributed by atoms with Crippen LogP contribution in [0.1, 0.15) is 22.8 Å². The number of likely N-dealkylation sites (N-methyl/N-ethyl adjacent to an activating group) is 1. The van der Waals surface area contributed by atoms with E-state index in [0.29, 0.717) is 17.2 Å². The van der Waals surface area contributed by atoms with Crippen LogP contribution in [-0.4, -0.2) is 65.9 Å². The largest absolute Gasteiger partial charge is 0.369 e. The Labute approximate surface area is 197 Å². The topological polar surface area (TPSA) is 68.8 Å². The Balaban J connectivity index is 1.30. The predicted molar refractivity (Wildman–Crippen MR) is 132 cm³/mol. The Morgan fingerprint density at radius 3 is 2.48 bits per heavy atom. The molecule has 0 aliphatic carbocycles. The molecule has 0 unspecified atom stereocenters. The molecule has 2 aliphatic rings. The van der Waals surface area contributed by atoms with Gasteiger partial charge in [0.25, 0.3) is 5.91 Å². The van der Waals surface area contributed by atoms with Gasteiger partial charge >= 0.3 is 0 Å². The molecule has 0 bridgehead atoms. The molecule has 1 saturated heterocycles. The molecule has 5 rings (SSSR count). The molecule has 2 aromatic carbocycles. The number of anilines is 2. The van der Waals surface area contributed by atoms with Gasteiger partial charge in [0.2, 0.25) is 5.91 Å². The maximum Gasteiger partial charge on any atom is 0.255 e. The van der Waals surface area contributed by atoms with Crippen LogP contribution in [0, 0.1) is 0 Å². The molecule has 1 aromatic heterocycles. The van der Waals surface area contributed by atoms with Crippen LogP contribution in [0.4, 0.5) is 10.8 Å². The predicted octanol–water partition coefficient (Wildman–Crippen LogP) is 3.54. The standard InChI is InChI=1S/C25H27N5O2S/c1-17(23(31)27-25-26-9-14-33-25)30-16-20-4-3-19(15-22(20)24(30)32)18-5-7-21(8-6-18)29-12-10-28(2)11-13-29/h3-9,14-15,17H,10-13,16H2,1-2H3,(H,26,27,31)/t17-/m0/s1. The highest BCUT2D eigenvalue weighted by molar-refractivity contribution is 7.13. The van der Waals surface area contributed by atoms with E-state index in [1.54, 1.807) is 23.4 Å².